The van der Waals surface area contributed by atoms with Gasteiger partial charge < -0.3 is 30.9 Å². The lowest BCUT2D eigenvalue weighted by Crippen LogP contribution is -2.61. The van der Waals surface area contributed by atoms with Gasteiger partial charge in [-0.05, 0) is 56.4 Å². The Morgan fingerprint density at radius 3 is 2.50 bits per heavy atom. The van der Waals surface area contributed by atoms with Gasteiger partial charge in [-0.1, -0.05) is 32.0 Å². The van der Waals surface area contributed by atoms with Crippen LogP contribution in [0.4, 0.5) is 16.2 Å². The van der Waals surface area contributed by atoms with Gasteiger partial charge in [-0.2, -0.15) is 0 Å². The van der Waals surface area contributed by atoms with E-state index in [0.29, 0.717) is 30.0 Å². The van der Waals surface area contributed by atoms with Gasteiger partial charge in [-0.3, -0.25) is 24.2 Å². The van der Waals surface area contributed by atoms with Crippen molar-refractivity contribution in [1.82, 2.24) is 20.9 Å². The molecule has 0 radical (unpaired) electrons. The summed E-state index contributed by atoms with van der Waals surface area (Å²) in [6.45, 7) is 7.29. The van der Waals surface area contributed by atoms with Gasteiger partial charge in [0.1, 0.15) is 17.6 Å². The van der Waals surface area contributed by atoms with Gasteiger partial charge >= 0.3 is 6.09 Å². The molecule has 2 aromatic rings. The van der Waals surface area contributed by atoms with E-state index >= 15 is 0 Å². The van der Waals surface area contributed by atoms with Crippen LogP contribution in [0.1, 0.15) is 58.2 Å². The number of nitrogens with one attached hydrogen (secondary N) is 3. The SMILES string of the molecule is CC(C)C[C@@H](NC(=O)C(C)(C)NC(=O)O)C(=O)NC1Cc2cccc(N3CCCC3=O)c2N(Cc2ccccn2)C1=O. The number of hydrogen-bond acceptors (Lipinski definition) is 6. The molecule has 1 fully saturated rings. The van der Waals surface area contributed by atoms with Crippen molar-refractivity contribution in [1.29, 1.82) is 0 Å². The van der Waals surface area contributed by atoms with Crippen LogP contribution in [-0.2, 0) is 32.1 Å². The molecule has 12 nitrogen and oxygen atoms in total. The fourth-order valence-electron chi connectivity index (χ4n) is 5.34. The van der Waals surface area contributed by atoms with E-state index in [1.807, 2.05) is 38.1 Å². The van der Waals surface area contributed by atoms with Gasteiger partial charge in [0.25, 0.3) is 0 Å². The first-order valence-electron chi connectivity index (χ1n) is 14.1. The predicted octanol–water partition coefficient (Wildman–Crippen LogP) is 2.36. The molecule has 0 aliphatic carbocycles. The molecule has 0 saturated carbocycles. The molecular weight excluding hydrogens is 540 g/mol. The van der Waals surface area contributed by atoms with Crippen LogP contribution >= 0.6 is 0 Å². The summed E-state index contributed by atoms with van der Waals surface area (Å²) in [5.74, 6) is -1.56. The Hall–Kier alpha value is -4.48. The number of benzene rings is 1. The minimum Gasteiger partial charge on any atom is -0.465 e. The van der Waals surface area contributed by atoms with Crippen molar-refractivity contribution in [3.8, 4) is 0 Å². The monoisotopic (exact) mass is 578 g/mol. The largest absolute Gasteiger partial charge is 0.465 e. The lowest BCUT2D eigenvalue weighted by molar-refractivity contribution is -0.133. The van der Waals surface area contributed by atoms with Crippen molar-refractivity contribution in [3.05, 3.63) is 53.9 Å². The number of anilines is 2. The topological polar surface area (TPSA) is 161 Å². The van der Waals surface area contributed by atoms with E-state index in [1.54, 1.807) is 28.1 Å². The number of amides is 5. The Morgan fingerprint density at radius 1 is 1.12 bits per heavy atom. The number of nitrogens with zero attached hydrogens (tertiary/aromatic N) is 3. The molecule has 12 heteroatoms. The van der Waals surface area contributed by atoms with Gasteiger partial charge in [-0.15, -0.1) is 0 Å². The van der Waals surface area contributed by atoms with Crippen molar-refractivity contribution < 1.29 is 29.1 Å². The van der Waals surface area contributed by atoms with E-state index in [1.165, 1.54) is 13.8 Å². The van der Waals surface area contributed by atoms with E-state index in [4.69, 9.17) is 5.11 Å². The minimum atomic E-state index is -1.48. The van der Waals surface area contributed by atoms with Crippen molar-refractivity contribution in [2.24, 2.45) is 5.92 Å². The summed E-state index contributed by atoms with van der Waals surface area (Å²) < 4.78 is 0. The molecule has 5 amide bonds. The maximum Gasteiger partial charge on any atom is 0.405 e. The van der Waals surface area contributed by atoms with Crippen LogP contribution in [-0.4, -0.2) is 64.0 Å². The van der Waals surface area contributed by atoms with Crippen LogP contribution in [0.5, 0.6) is 0 Å². The molecule has 1 aromatic heterocycles. The first-order valence-corrected chi connectivity index (χ1v) is 14.1. The third-order valence-corrected chi connectivity index (χ3v) is 7.40. The molecule has 1 saturated heterocycles. The lowest BCUT2D eigenvalue weighted by Gasteiger charge is -2.37. The fourth-order valence-corrected chi connectivity index (χ4v) is 5.34. The van der Waals surface area contributed by atoms with Crippen LogP contribution in [0, 0.1) is 5.92 Å². The number of aromatic nitrogens is 1. The fraction of sp³-hybridized carbons (Fsp3) is 0.467. The molecule has 2 atom stereocenters. The summed E-state index contributed by atoms with van der Waals surface area (Å²) in [7, 11) is 0. The van der Waals surface area contributed by atoms with Crippen LogP contribution in [0.2, 0.25) is 0 Å². The highest BCUT2D eigenvalue weighted by Crippen LogP contribution is 2.39. The highest BCUT2D eigenvalue weighted by Gasteiger charge is 2.39. The molecule has 0 spiro atoms. The Balaban J connectivity index is 1.63. The average molecular weight is 579 g/mol. The Morgan fingerprint density at radius 2 is 1.88 bits per heavy atom. The normalized spacial score (nSPS) is 17.6. The Labute approximate surface area is 244 Å². The van der Waals surface area contributed by atoms with E-state index in [-0.39, 0.29) is 37.1 Å². The summed E-state index contributed by atoms with van der Waals surface area (Å²) >= 11 is 0. The van der Waals surface area contributed by atoms with Crippen LogP contribution in [0.15, 0.2) is 42.6 Å². The van der Waals surface area contributed by atoms with Gasteiger partial charge in [0.2, 0.25) is 23.6 Å². The number of fused-ring (bicyclic) bond motifs is 1. The molecule has 4 rings (SSSR count). The van der Waals surface area contributed by atoms with Crippen molar-refractivity contribution >= 4 is 41.1 Å². The molecule has 3 heterocycles. The maximum atomic E-state index is 14.0. The first kappa shape index (κ1) is 30.5. The van der Waals surface area contributed by atoms with Crippen LogP contribution in [0.25, 0.3) is 0 Å². The number of hydrogen-bond donors (Lipinski definition) is 4. The molecule has 1 aromatic carbocycles. The summed E-state index contributed by atoms with van der Waals surface area (Å²) in [4.78, 5) is 72.1. The second-order valence-corrected chi connectivity index (χ2v) is 11.7. The maximum absolute atomic E-state index is 14.0. The zero-order valence-corrected chi connectivity index (χ0v) is 24.3. The summed E-state index contributed by atoms with van der Waals surface area (Å²) in [5.41, 5.74) is 1.24. The smallest absolute Gasteiger partial charge is 0.405 e. The molecule has 2 aliphatic rings. The predicted molar refractivity (Wildman–Crippen MR) is 156 cm³/mol. The third-order valence-electron chi connectivity index (χ3n) is 7.40. The summed E-state index contributed by atoms with van der Waals surface area (Å²) in [6, 6.07) is 9.03. The van der Waals surface area contributed by atoms with E-state index < -0.39 is 35.5 Å². The second kappa shape index (κ2) is 12.6. The Kier molecular flexibility index (Phi) is 9.13. The van der Waals surface area contributed by atoms with Crippen LogP contribution in [0.3, 0.4) is 0 Å². The molecular formula is C30H38N6O6. The Bertz CT molecular complexity index is 1360. The van der Waals surface area contributed by atoms with E-state index in [9.17, 15) is 24.0 Å². The lowest BCUT2D eigenvalue weighted by atomic mass is 9.94. The highest BCUT2D eigenvalue weighted by atomic mass is 16.4. The van der Waals surface area contributed by atoms with Crippen molar-refractivity contribution in [2.75, 3.05) is 16.3 Å². The van der Waals surface area contributed by atoms with Crippen molar-refractivity contribution in [3.63, 3.8) is 0 Å². The number of carbonyl (C=O) groups is 5. The summed E-state index contributed by atoms with van der Waals surface area (Å²) in [6.07, 6.45) is 1.92. The van der Waals surface area contributed by atoms with Gasteiger partial charge in [0.05, 0.1) is 23.6 Å². The molecule has 42 heavy (non-hydrogen) atoms. The second-order valence-electron chi connectivity index (χ2n) is 11.7. The molecule has 0 bridgehead atoms. The quantitative estimate of drug-likeness (QED) is 0.337. The minimum absolute atomic E-state index is 0.00311. The van der Waals surface area contributed by atoms with Gasteiger partial charge in [0, 0.05) is 25.6 Å². The van der Waals surface area contributed by atoms with E-state index in [2.05, 4.69) is 20.9 Å². The number of rotatable bonds is 10. The van der Waals surface area contributed by atoms with Gasteiger partial charge in [-0.25, -0.2) is 4.79 Å². The molecule has 2 aliphatic heterocycles. The number of pyridine rings is 1. The third kappa shape index (κ3) is 6.87. The number of para-hydroxylation sites is 1. The zero-order chi connectivity index (χ0) is 30.6. The number of carbonyl (C=O) groups excluding carboxylic acids is 4. The van der Waals surface area contributed by atoms with Crippen LogP contribution < -0.4 is 25.8 Å². The average Bonchev–Trinajstić information content (AvgIpc) is 3.35. The van der Waals surface area contributed by atoms with Gasteiger partial charge in [0.15, 0.2) is 0 Å². The first-order chi connectivity index (χ1) is 19.9. The molecule has 1 unspecified atom stereocenters. The number of carboxylic acid groups (broad SMARTS) is 1. The molecule has 4 N–H and O–H groups in total. The summed E-state index contributed by atoms with van der Waals surface area (Å²) in [5, 5.41) is 16.8. The standard InChI is InChI=1S/C30H38N6O6/c1-18(2)15-21(33-28(40)30(3,4)34-29(41)42)26(38)32-22-16-19-9-7-11-23(35-14-8-12-24(35)37)25(19)36(27(22)39)17-20-10-5-6-13-31-20/h5-7,9-11,13,18,21-22,34H,8,12,14-17H2,1-4H3,(H,32,38)(H,33,40)(H,41,42)/t21-,22?/m1/s1. The van der Waals surface area contributed by atoms with Crippen molar-refractivity contribution in [2.45, 2.75) is 77.5 Å². The van der Waals surface area contributed by atoms with E-state index in [0.717, 1.165) is 12.0 Å². The zero-order valence-electron chi connectivity index (χ0n) is 24.3. The highest BCUT2D eigenvalue weighted by molar-refractivity contribution is 6.08. The molecule has 224 valence electrons.